The molecule has 2 aliphatic heterocycles. The van der Waals surface area contributed by atoms with Crippen molar-refractivity contribution in [1.29, 1.82) is 0 Å². The van der Waals surface area contributed by atoms with Crippen molar-refractivity contribution >= 4 is 11.7 Å². The molecule has 184 valence electrons. The van der Waals surface area contributed by atoms with Crippen LogP contribution in [0.25, 0.3) is 0 Å². The van der Waals surface area contributed by atoms with E-state index >= 15 is 0 Å². The van der Waals surface area contributed by atoms with Gasteiger partial charge in [0, 0.05) is 6.54 Å². The summed E-state index contributed by atoms with van der Waals surface area (Å²) in [5.41, 5.74) is 2.47. The molecule has 0 bridgehead atoms. The highest BCUT2D eigenvalue weighted by Crippen LogP contribution is 2.49. The van der Waals surface area contributed by atoms with E-state index in [0.717, 1.165) is 29.7 Å². The third-order valence-electron chi connectivity index (χ3n) is 7.74. The lowest BCUT2D eigenvalue weighted by Gasteiger charge is -2.41. The molecule has 1 saturated carbocycles. The average Bonchev–Trinajstić information content (AvgIpc) is 3.15. The maximum atomic E-state index is 13.9. The highest BCUT2D eigenvalue weighted by Gasteiger charge is 2.53. The lowest BCUT2D eigenvalue weighted by Crippen LogP contribution is -2.45. The molecule has 2 aromatic carbocycles. The number of ketones is 1. The number of Topliss-reactive ketones (excluding diaryl/α,β-unsaturated/α-hetero) is 1. The number of fused-ring (bicyclic) bond motifs is 1. The Kier molecular flexibility index (Phi) is 6.30. The Labute approximate surface area is 206 Å². The Morgan fingerprint density at radius 3 is 2.43 bits per heavy atom. The first kappa shape index (κ1) is 23.5. The summed E-state index contributed by atoms with van der Waals surface area (Å²) in [6.07, 6.45) is 2.24. The van der Waals surface area contributed by atoms with Gasteiger partial charge in [-0.25, -0.2) is 0 Å². The van der Waals surface area contributed by atoms with E-state index in [1.807, 2.05) is 48.5 Å². The Hall–Kier alpha value is -3.28. The van der Waals surface area contributed by atoms with E-state index < -0.39 is 6.04 Å². The summed E-state index contributed by atoms with van der Waals surface area (Å²) < 4.78 is 17.1. The van der Waals surface area contributed by atoms with Gasteiger partial charge in [0.2, 0.25) is 0 Å². The maximum absolute atomic E-state index is 13.9. The van der Waals surface area contributed by atoms with Gasteiger partial charge >= 0.3 is 0 Å². The van der Waals surface area contributed by atoms with Crippen LogP contribution in [0.4, 0.5) is 0 Å². The number of carbonyl (C=O) groups is 2. The maximum Gasteiger partial charge on any atom is 0.290 e. The summed E-state index contributed by atoms with van der Waals surface area (Å²) in [5.74, 6) is 2.11. The smallest absolute Gasteiger partial charge is 0.290 e. The van der Waals surface area contributed by atoms with Crippen LogP contribution in [0, 0.1) is 17.8 Å². The second-order valence-corrected chi connectivity index (χ2v) is 10.1. The van der Waals surface area contributed by atoms with Crippen molar-refractivity contribution in [2.24, 2.45) is 17.8 Å². The van der Waals surface area contributed by atoms with Gasteiger partial charge in [-0.3, -0.25) is 9.59 Å². The molecule has 0 aromatic heterocycles. The Morgan fingerprint density at radius 1 is 0.971 bits per heavy atom. The quantitative estimate of drug-likeness (QED) is 0.604. The first-order valence-corrected chi connectivity index (χ1v) is 12.4. The van der Waals surface area contributed by atoms with E-state index in [1.165, 1.54) is 0 Å². The molecule has 1 aliphatic carbocycles. The number of rotatable bonds is 6. The van der Waals surface area contributed by atoms with Gasteiger partial charge in [-0.15, -0.1) is 0 Å². The van der Waals surface area contributed by atoms with E-state index in [-0.39, 0.29) is 35.4 Å². The fraction of sp³-hybridized carbons (Fsp3) is 0.448. The first-order chi connectivity index (χ1) is 16.9. The summed E-state index contributed by atoms with van der Waals surface area (Å²) in [6.45, 7) is 4.80. The van der Waals surface area contributed by atoms with Crippen molar-refractivity contribution in [2.45, 2.75) is 45.3 Å². The van der Waals surface area contributed by atoms with Crippen LogP contribution in [0.3, 0.4) is 0 Å². The predicted molar refractivity (Wildman–Crippen MR) is 132 cm³/mol. The van der Waals surface area contributed by atoms with Gasteiger partial charge in [0.25, 0.3) is 5.91 Å². The van der Waals surface area contributed by atoms with Crippen molar-refractivity contribution in [1.82, 2.24) is 4.90 Å². The van der Waals surface area contributed by atoms with Crippen molar-refractivity contribution in [3.05, 3.63) is 71.0 Å². The van der Waals surface area contributed by atoms with Gasteiger partial charge < -0.3 is 19.1 Å². The van der Waals surface area contributed by atoms with E-state index in [0.29, 0.717) is 30.2 Å². The lowest BCUT2D eigenvalue weighted by atomic mass is 9.70. The van der Waals surface area contributed by atoms with Crippen LogP contribution in [0.15, 0.2) is 59.9 Å². The SMILES string of the molecule is COc1ccc(CCN2C(=O)C3=C(C(=O)C4CC(C)CC(C)C4O3)C2c2cccc(OC)c2)cc1. The minimum atomic E-state index is -0.480. The fourth-order valence-corrected chi connectivity index (χ4v) is 6.05. The number of methoxy groups -OCH3 is 2. The normalized spacial score (nSPS) is 27.9. The molecule has 2 heterocycles. The summed E-state index contributed by atoms with van der Waals surface area (Å²) in [4.78, 5) is 29.5. The molecule has 5 atom stereocenters. The largest absolute Gasteiger partial charge is 0.497 e. The van der Waals surface area contributed by atoms with Crippen LogP contribution in [0.2, 0.25) is 0 Å². The van der Waals surface area contributed by atoms with Crippen LogP contribution in [0.5, 0.6) is 11.5 Å². The number of nitrogens with zero attached hydrogens (tertiary/aromatic N) is 1. The third-order valence-corrected chi connectivity index (χ3v) is 7.74. The second-order valence-electron chi connectivity index (χ2n) is 10.1. The average molecular weight is 476 g/mol. The molecular formula is C29H33NO5. The molecular weight excluding hydrogens is 442 g/mol. The van der Waals surface area contributed by atoms with E-state index in [9.17, 15) is 9.59 Å². The molecule has 35 heavy (non-hydrogen) atoms. The molecule has 1 fully saturated rings. The van der Waals surface area contributed by atoms with Crippen molar-refractivity contribution in [3.8, 4) is 11.5 Å². The molecule has 6 heteroatoms. The number of ether oxygens (including phenoxy) is 3. The topological polar surface area (TPSA) is 65.1 Å². The fourth-order valence-electron chi connectivity index (χ4n) is 6.05. The van der Waals surface area contributed by atoms with Gasteiger partial charge in [0.1, 0.15) is 17.6 Å². The van der Waals surface area contributed by atoms with Crippen molar-refractivity contribution < 1.29 is 23.8 Å². The molecule has 6 nitrogen and oxygen atoms in total. The number of benzene rings is 2. The molecule has 0 spiro atoms. The van der Waals surface area contributed by atoms with Crippen LogP contribution in [-0.4, -0.2) is 43.5 Å². The van der Waals surface area contributed by atoms with E-state index in [1.54, 1.807) is 19.1 Å². The molecule has 1 amide bonds. The second kappa shape index (κ2) is 9.40. The zero-order valence-electron chi connectivity index (χ0n) is 20.8. The monoisotopic (exact) mass is 475 g/mol. The molecule has 5 unspecified atom stereocenters. The molecule has 0 radical (unpaired) electrons. The number of hydrogen-bond donors (Lipinski definition) is 0. The highest BCUT2D eigenvalue weighted by atomic mass is 16.5. The molecule has 3 aliphatic rings. The van der Waals surface area contributed by atoms with Gasteiger partial charge in [0.05, 0.1) is 31.8 Å². The van der Waals surface area contributed by atoms with Gasteiger partial charge in [-0.1, -0.05) is 38.1 Å². The van der Waals surface area contributed by atoms with Crippen LogP contribution >= 0.6 is 0 Å². The third kappa shape index (κ3) is 4.19. The van der Waals surface area contributed by atoms with Gasteiger partial charge in [-0.2, -0.15) is 0 Å². The number of hydrogen-bond acceptors (Lipinski definition) is 5. The van der Waals surface area contributed by atoms with Crippen molar-refractivity contribution in [2.75, 3.05) is 20.8 Å². The highest BCUT2D eigenvalue weighted by molar-refractivity contribution is 6.11. The summed E-state index contributed by atoms with van der Waals surface area (Å²) in [7, 11) is 3.26. The Bertz CT molecular complexity index is 1150. The van der Waals surface area contributed by atoms with E-state index in [2.05, 4.69) is 13.8 Å². The molecule has 5 rings (SSSR count). The zero-order valence-corrected chi connectivity index (χ0v) is 20.8. The first-order valence-electron chi connectivity index (χ1n) is 12.4. The zero-order chi connectivity index (χ0) is 24.7. The summed E-state index contributed by atoms with van der Waals surface area (Å²) >= 11 is 0. The molecule has 2 aromatic rings. The molecule has 0 N–H and O–H groups in total. The standard InChI is InChI=1S/C29H33NO5/c1-17-14-18(2)27-23(15-17)26(31)24-25(20-6-5-7-22(16-20)34-4)30(29(32)28(24)35-27)13-12-19-8-10-21(33-3)11-9-19/h5-11,16-18,23,25,27H,12-15H2,1-4H3. The number of carbonyl (C=O) groups excluding carboxylic acids is 2. The van der Waals surface area contributed by atoms with Gasteiger partial charge in [-0.05, 0) is 66.5 Å². The Balaban J connectivity index is 1.51. The number of amides is 1. The van der Waals surface area contributed by atoms with E-state index in [4.69, 9.17) is 14.2 Å². The minimum Gasteiger partial charge on any atom is -0.497 e. The van der Waals surface area contributed by atoms with Crippen LogP contribution < -0.4 is 9.47 Å². The predicted octanol–water partition coefficient (Wildman–Crippen LogP) is 4.73. The van der Waals surface area contributed by atoms with Crippen molar-refractivity contribution in [3.63, 3.8) is 0 Å². The van der Waals surface area contributed by atoms with Gasteiger partial charge in [0.15, 0.2) is 11.5 Å². The molecule has 0 saturated heterocycles. The summed E-state index contributed by atoms with van der Waals surface area (Å²) in [6, 6.07) is 15.0. The minimum absolute atomic E-state index is 0.0720. The lowest BCUT2D eigenvalue weighted by molar-refractivity contribution is -0.138. The summed E-state index contributed by atoms with van der Waals surface area (Å²) in [5, 5.41) is 0. The van der Waals surface area contributed by atoms with Crippen LogP contribution in [0.1, 0.15) is 43.9 Å². The van der Waals surface area contributed by atoms with Crippen LogP contribution in [-0.2, 0) is 20.7 Å². The Morgan fingerprint density at radius 2 is 1.71 bits per heavy atom.